The van der Waals surface area contributed by atoms with Gasteiger partial charge in [-0.05, 0) is 41.8 Å². The van der Waals surface area contributed by atoms with E-state index in [9.17, 15) is 0 Å². The fourth-order valence-electron chi connectivity index (χ4n) is 2.60. The van der Waals surface area contributed by atoms with Gasteiger partial charge in [0, 0.05) is 21.8 Å². The van der Waals surface area contributed by atoms with E-state index < -0.39 is 0 Å². The van der Waals surface area contributed by atoms with Gasteiger partial charge in [0.15, 0.2) is 0 Å². The molecule has 0 heterocycles. The van der Waals surface area contributed by atoms with Crippen LogP contribution in [0.3, 0.4) is 0 Å². The first kappa shape index (κ1) is 16.8. The summed E-state index contributed by atoms with van der Waals surface area (Å²) in [6, 6.07) is 23.9. The minimum atomic E-state index is -0.0694. The molecule has 3 heteroatoms. The molecule has 3 aromatic carbocycles. The Kier molecular flexibility index (Phi) is 5.34. The molecule has 0 aliphatic carbocycles. The van der Waals surface area contributed by atoms with E-state index in [4.69, 9.17) is 23.2 Å². The van der Waals surface area contributed by atoms with Gasteiger partial charge in [0.25, 0.3) is 0 Å². The van der Waals surface area contributed by atoms with Gasteiger partial charge in [0.2, 0.25) is 0 Å². The summed E-state index contributed by atoms with van der Waals surface area (Å²) in [5, 5.41) is 1.35. The van der Waals surface area contributed by atoms with Crippen LogP contribution in [0.5, 0.6) is 0 Å². The highest BCUT2D eigenvalue weighted by atomic mass is 35.5. The monoisotopic (exact) mass is 353 g/mol. The number of hydrogen-bond acceptors (Lipinski definition) is 1. The first-order valence-electron chi connectivity index (χ1n) is 7.78. The second kappa shape index (κ2) is 7.65. The molecule has 0 fully saturated rings. The number of aliphatic imine (C=N–C) groups is 1. The molecule has 0 aliphatic heterocycles. The molecular formula is C21H17Cl2N. The molecule has 1 atom stereocenters. The van der Waals surface area contributed by atoms with Crippen LogP contribution in [0, 0.1) is 0 Å². The first-order chi connectivity index (χ1) is 11.6. The lowest BCUT2D eigenvalue weighted by Gasteiger charge is -2.10. The van der Waals surface area contributed by atoms with E-state index in [0.29, 0.717) is 10.0 Å². The summed E-state index contributed by atoms with van der Waals surface area (Å²) in [7, 11) is 0. The van der Waals surface area contributed by atoms with Crippen molar-refractivity contribution in [3.05, 3.63) is 94.0 Å². The lowest BCUT2D eigenvalue weighted by Crippen LogP contribution is -1.94. The third kappa shape index (κ3) is 3.87. The van der Waals surface area contributed by atoms with Crippen LogP contribution in [0.1, 0.15) is 24.1 Å². The molecule has 0 saturated carbocycles. The van der Waals surface area contributed by atoms with Crippen molar-refractivity contribution in [2.75, 3.05) is 0 Å². The highest BCUT2D eigenvalue weighted by molar-refractivity contribution is 6.33. The summed E-state index contributed by atoms with van der Waals surface area (Å²) in [4.78, 5) is 4.68. The summed E-state index contributed by atoms with van der Waals surface area (Å²) in [5.74, 6) is 0. The molecule has 0 N–H and O–H groups in total. The summed E-state index contributed by atoms with van der Waals surface area (Å²) >= 11 is 12.3. The lowest BCUT2D eigenvalue weighted by molar-refractivity contribution is 0.825. The van der Waals surface area contributed by atoms with Crippen LogP contribution in [-0.4, -0.2) is 6.21 Å². The van der Waals surface area contributed by atoms with Crippen LogP contribution in [0.2, 0.25) is 10.0 Å². The highest BCUT2D eigenvalue weighted by Crippen LogP contribution is 2.29. The van der Waals surface area contributed by atoms with Gasteiger partial charge in [-0.1, -0.05) is 77.8 Å². The van der Waals surface area contributed by atoms with Gasteiger partial charge in [-0.15, -0.1) is 0 Å². The third-order valence-corrected chi connectivity index (χ3v) is 4.47. The van der Waals surface area contributed by atoms with Crippen molar-refractivity contribution in [1.29, 1.82) is 0 Å². The zero-order chi connectivity index (χ0) is 16.9. The smallest absolute Gasteiger partial charge is 0.0736 e. The Bertz CT molecular complexity index is 857. The fourth-order valence-corrected chi connectivity index (χ4v) is 3.05. The zero-order valence-corrected chi connectivity index (χ0v) is 14.8. The molecule has 0 saturated heterocycles. The number of nitrogens with zero attached hydrogens (tertiary/aromatic N) is 1. The molecule has 3 rings (SSSR count). The van der Waals surface area contributed by atoms with E-state index in [0.717, 1.165) is 16.7 Å². The summed E-state index contributed by atoms with van der Waals surface area (Å²) < 4.78 is 0. The maximum absolute atomic E-state index is 6.27. The van der Waals surface area contributed by atoms with Crippen molar-refractivity contribution in [3.8, 4) is 11.1 Å². The van der Waals surface area contributed by atoms with Crippen LogP contribution in [0.25, 0.3) is 11.1 Å². The number of rotatable bonds is 4. The molecule has 1 nitrogen and oxygen atoms in total. The average molecular weight is 354 g/mol. The van der Waals surface area contributed by atoms with Gasteiger partial charge < -0.3 is 0 Å². The maximum atomic E-state index is 6.27. The lowest BCUT2D eigenvalue weighted by atomic mass is 10.0. The van der Waals surface area contributed by atoms with Gasteiger partial charge in [-0.25, -0.2) is 0 Å². The molecule has 0 amide bonds. The summed E-state index contributed by atoms with van der Waals surface area (Å²) in [5.41, 5.74) is 4.34. The summed E-state index contributed by atoms with van der Waals surface area (Å²) in [6.45, 7) is 2.01. The second-order valence-corrected chi connectivity index (χ2v) is 6.42. The zero-order valence-electron chi connectivity index (χ0n) is 13.3. The Morgan fingerprint density at radius 1 is 0.875 bits per heavy atom. The van der Waals surface area contributed by atoms with Crippen LogP contribution in [0.15, 0.2) is 77.8 Å². The number of benzene rings is 3. The van der Waals surface area contributed by atoms with Crippen LogP contribution in [0.4, 0.5) is 0 Å². The van der Waals surface area contributed by atoms with E-state index in [2.05, 4.69) is 29.3 Å². The van der Waals surface area contributed by atoms with Crippen molar-refractivity contribution in [1.82, 2.24) is 0 Å². The molecule has 0 spiro atoms. The minimum Gasteiger partial charge on any atom is -0.285 e. The van der Waals surface area contributed by atoms with Gasteiger partial charge in [0.05, 0.1) is 6.04 Å². The fraction of sp³-hybridized carbons (Fsp3) is 0.0952. The molecular weight excluding hydrogens is 337 g/mol. The second-order valence-electron chi connectivity index (χ2n) is 5.57. The van der Waals surface area contributed by atoms with Crippen LogP contribution in [-0.2, 0) is 0 Å². The molecule has 24 heavy (non-hydrogen) atoms. The Balaban J connectivity index is 1.91. The van der Waals surface area contributed by atoms with E-state index in [1.54, 1.807) is 6.07 Å². The quantitative estimate of drug-likeness (QED) is 0.455. The Morgan fingerprint density at radius 3 is 2.38 bits per heavy atom. The molecule has 0 bridgehead atoms. The highest BCUT2D eigenvalue weighted by Gasteiger charge is 2.09. The van der Waals surface area contributed by atoms with Gasteiger partial charge in [-0.2, -0.15) is 0 Å². The van der Waals surface area contributed by atoms with Crippen molar-refractivity contribution >= 4 is 29.4 Å². The molecule has 1 unspecified atom stereocenters. The normalized spacial score (nSPS) is 12.5. The Labute approximate surface area is 152 Å². The van der Waals surface area contributed by atoms with Crippen molar-refractivity contribution in [3.63, 3.8) is 0 Å². The molecule has 0 radical (unpaired) electrons. The van der Waals surface area contributed by atoms with Gasteiger partial charge in [-0.3, -0.25) is 4.99 Å². The Morgan fingerprint density at radius 2 is 1.58 bits per heavy atom. The van der Waals surface area contributed by atoms with Gasteiger partial charge in [0.1, 0.15) is 0 Å². The molecule has 3 aromatic rings. The first-order valence-corrected chi connectivity index (χ1v) is 8.53. The Hall–Kier alpha value is -2.09. The van der Waals surface area contributed by atoms with E-state index in [-0.39, 0.29) is 6.04 Å². The van der Waals surface area contributed by atoms with E-state index in [1.807, 2.05) is 55.6 Å². The molecule has 0 aromatic heterocycles. The van der Waals surface area contributed by atoms with E-state index in [1.165, 1.54) is 5.56 Å². The maximum Gasteiger partial charge on any atom is 0.0736 e. The van der Waals surface area contributed by atoms with Crippen molar-refractivity contribution < 1.29 is 0 Å². The van der Waals surface area contributed by atoms with Crippen molar-refractivity contribution in [2.24, 2.45) is 4.99 Å². The third-order valence-electron chi connectivity index (χ3n) is 3.89. The number of hydrogen-bond donors (Lipinski definition) is 0. The van der Waals surface area contributed by atoms with Crippen LogP contribution < -0.4 is 0 Å². The predicted molar refractivity (Wildman–Crippen MR) is 104 cm³/mol. The van der Waals surface area contributed by atoms with E-state index >= 15 is 0 Å². The number of halogens is 2. The van der Waals surface area contributed by atoms with Crippen molar-refractivity contribution in [2.45, 2.75) is 13.0 Å². The molecule has 0 aliphatic rings. The minimum absolute atomic E-state index is 0.0694. The average Bonchev–Trinajstić information content (AvgIpc) is 2.62. The van der Waals surface area contributed by atoms with Gasteiger partial charge >= 0.3 is 0 Å². The SMILES string of the molecule is CC(N=Cc1ccccc1-c1ccccc1)c1cc(Cl)ccc1Cl. The topological polar surface area (TPSA) is 12.4 Å². The molecule has 120 valence electrons. The summed E-state index contributed by atoms with van der Waals surface area (Å²) in [6.07, 6.45) is 1.91. The largest absolute Gasteiger partial charge is 0.285 e. The van der Waals surface area contributed by atoms with Crippen LogP contribution >= 0.6 is 23.2 Å². The predicted octanol–water partition coefficient (Wildman–Crippen LogP) is 6.84. The standard InChI is InChI=1S/C21H17Cl2N/c1-15(20-13-18(22)11-12-21(20)23)24-14-17-9-5-6-10-19(17)16-7-3-2-4-8-16/h2-15H,1H3.